The van der Waals surface area contributed by atoms with E-state index in [1.54, 1.807) is 7.11 Å². The Morgan fingerprint density at radius 3 is 2.59 bits per heavy atom. The Labute approximate surface area is 161 Å². The zero-order valence-electron chi connectivity index (χ0n) is 16.5. The predicted molar refractivity (Wildman–Crippen MR) is 104 cm³/mol. The maximum atomic E-state index is 13.1. The van der Waals surface area contributed by atoms with Crippen LogP contribution in [0.5, 0.6) is 5.75 Å². The minimum absolute atomic E-state index is 0.138. The maximum absolute atomic E-state index is 13.1. The number of carbonyl (C=O) groups excluding carboxylic acids is 2. The van der Waals surface area contributed by atoms with Crippen molar-refractivity contribution in [3.8, 4) is 5.75 Å². The second-order valence-corrected chi connectivity index (χ2v) is 8.57. The van der Waals surface area contributed by atoms with E-state index < -0.39 is 0 Å². The van der Waals surface area contributed by atoms with Gasteiger partial charge in [0, 0.05) is 38.6 Å². The first-order chi connectivity index (χ1) is 12.9. The van der Waals surface area contributed by atoms with Crippen molar-refractivity contribution in [1.82, 2.24) is 9.80 Å². The Morgan fingerprint density at radius 2 is 1.93 bits per heavy atom. The standard InChI is InChI=1S/C21H29N3O3/c1-21(2)14-22(10-11-24(21)17-6-4-5-7-18(17)27-3)20(26)15-12-19(25)23(13-15)16-8-9-16/h4-7,15-16H,8-14H2,1-3H3/t15-/m0/s1. The van der Waals surface area contributed by atoms with Crippen LogP contribution < -0.4 is 9.64 Å². The first-order valence-electron chi connectivity index (χ1n) is 9.89. The summed E-state index contributed by atoms with van der Waals surface area (Å²) in [5.74, 6) is 0.973. The molecule has 0 N–H and O–H groups in total. The molecular formula is C21H29N3O3. The largest absolute Gasteiger partial charge is 0.495 e. The molecule has 3 aliphatic rings. The van der Waals surface area contributed by atoms with Crippen molar-refractivity contribution in [2.45, 2.75) is 44.7 Å². The van der Waals surface area contributed by atoms with Gasteiger partial charge in [-0.25, -0.2) is 0 Å². The lowest BCUT2D eigenvalue weighted by molar-refractivity contribution is -0.137. The monoisotopic (exact) mass is 371 g/mol. The predicted octanol–water partition coefficient (Wildman–Crippen LogP) is 2.13. The summed E-state index contributed by atoms with van der Waals surface area (Å²) in [6.07, 6.45) is 2.57. The number of likely N-dealkylation sites (tertiary alicyclic amines) is 1. The molecule has 1 aromatic carbocycles. The van der Waals surface area contributed by atoms with Gasteiger partial charge in [0.15, 0.2) is 0 Å². The van der Waals surface area contributed by atoms with Crippen LogP contribution >= 0.6 is 0 Å². The molecule has 2 aliphatic heterocycles. The summed E-state index contributed by atoms with van der Waals surface area (Å²) in [5.41, 5.74) is 0.856. The van der Waals surface area contributed by atoms with E-state index in [-0.39, 0.29) is 23.3 Å². The summed E-state index contributed by atoms with van der Waals surface area (Å²) >= 11 is 0. The van der Waals surface area contributed by atoms with Crippen molar-refractivity contribution >= 4 is 17.5 Å². The number of methoxy groups -OCH3 is 1. The molecule has 1 atom stereocenters. The van der Waals surface area contributed by atoms with Gasteiger partial charge in [-0.05, 0) is 38.8 Å². The number of hydrogen-bond donors (Lipinski definition) is 0. The molecule has 4 rings (SSSR count). The molecule has 6 nitrogen and oxygen atoms in total. The molecule has 2 amide bonds. The van der Waals surface area contributed by atoms with Gasteiger partial charge in [0.25, 0.3) is 0 Å². The van der Waals surface area contributed by atoms with Crippen LogP contribution in [-0.2, 0) is 9.59 Å². The van der Waals surface area contributed by atoms with E-state index in [0.29, 0.717) is 32.1 Å². The number of nitrogens with zero attached hydrogens (tertiary/aromatic N) is 3. The van der Waals surface area contributed by atoms with E-state index in [4.69, 9.17) is 4.74 Å². The fraction of sp³-hybridized carbons (Fsp3) is 0.619. The van der Waals surface area contributed by atoms with Gasteiger partial charge in [-0.1, -0.05) is 12.1 Å². The number of para-hydroxylation sites is 2. The van der Waals surface area contributed by atoms with Crippen molar-refractivity contribution in [2.24, 2.45) is 5.92 Å². The molecule has 3 fully saturated rings. The molecule has 1 saturated carbocycles. The Morgan fingerprint density at radius 1 is 1.19 bits per heavy atom. The van der Waals surface area contributed by atoms with Crippen LogP contribution in [0, 0.1) is 5.92 Å². The van der Waals surface area contributed by atoms with Gasteiger partial charge in [0.1, 0.15) is 5.75 Å². The highest BCUT2D eigenvalue weighted by atomic mass is 16.5. The molecule has 27 heavy (non-hydrogen) atoms. The number of hydrogen-bond acceptors (Lipinski definition) is 4. The summed E-state index contributed by atoms with van der Waals surface area (Å²) in [7, 11) is 1.69. The number of amides is 2. The van der Waals surface area contributed by atoms with Crippen molar-refractivity contribution < 1.29 is 14.3 Å². The highest BCUT2D eigenvalue weighted by Gasteiger charge is 2.45. The highest BCUT2D eigenvalue weighted by molar-refractivity contribution is 5.89. The van der Waals surface area contributed by atoms with Crippen LogP contribution in [0.1, 0.15) is 33.1 Å². The average molecular weight is 371 g/mol. The van der Waals surface area contributed by atoms with Gasteiger partial charge >= 0.3 is 0 Å². The maximum Gasteiger partial charge on any atom is 0.228 e. The number of rotatable bonds is 4. The Bertz CT molecular complexity index is 744. The number of ether oxygens (including phenoxy) is 1. The molecule has 6 heteroatoms. The summed E-state index contributed by atoms with van der Waals surface area (Å²) in [6.45, 7) is 7.01. The minimum Gasteiger partial charge on any atom is -0.495 e. The molecule has 1 aliphatic carbocycles. The van der Waals surface area contributed by atoms with E-state index in [9.17, 15) is 9.59 Å². The topological polar surface area (TPSA) is 53.1 Å². The number of benzene rings is 1. The fourth-order valence-electron chi connectivity index (χ4n) is 4.54. The van der Waals surface area contributed by atoms with Crippen molar-refractivity contribution in [3.05, 3.63) is 24.3 Å². The lowest BCUT2D eigenvalue weighted by Crippen LogP contribution is -2.61. The van der Waals surface area contributed by atoms with Crippen LogP contribution in [0.25, 0.3) is 0 Å². The van der Waals surface area contributed by atoms with Gasteiger partial charge in [-0.3, -0.25) is 9.59 Å². The summed E-state index contributed by atoms with van der Waals surface area (Å²) in [5, 5.41) is 0. The Kier molecular flexibility index (Phi) is 4.52. The van der Waals surface area contributed by atoms with Crippen molar-refractivity contribution in [2.75, 3.05) is 38.2 Å². The lowest BCUT2D eigenvalue weighted by atomic mass is 9.95. The molecule has 1 aromatic rings. The van der Waals surface area contributed by atoms with Crippen molar-refractivity contribution in [3.63, 3.8) is 0 Å². The zero-order valence-corrected chi connectivity index (χ0v) is 16.5. The van der Waals surface area contributed by atoms with E-state index in [1.165, 1.54) is 0 Å². The van der Waals surface area contributed by atoms with Gasteiger partial charge in [0.2, 0.25) is 11.8 Å². The average Bonchev–Trinajstić information content (AvgIpc) is 3.42. The number of anilines is 1. The van der Waals surface area contributed by atoms with E-state index in [1.807, 2.05) is 28.0 Å². The molecule has 146 valence electrons. The second-order valence-electron chi connectivity index (χ2n) is 8.57. The van der Waals surface area contributed by atoms with Gasteiger partial charge < -0.3 is 19.4 Å². The van der Waals surface area contributed by atoms with Gasteiger partial charge in [-0.15, -0.1) is 0 Å². The van der Waals surface area contributed by atoms with Crippen LogP contribution in [0.3, 0.4) is 0 Å². The zero-order chi connectivity index (χ0) is 19.2. The first-order valence-corrected chi connectivity index (χ1v) is 9.89. The van der Waals surface area contributed by atoms with E-state index >= 15 is 0 Å². The van der Waals surface area contributed by atoms with Gasteiger partial charge in [-0.2, -0.15) is 0 Å². The smallest absolute Gasteiger partial charge is 0.228 e. The number of carbonyl (C=O) groups is 2. The lowest BCUT2D eigenvalue weighted by Gasteiger charge is -2.49. The van der Waals surface area contributed by atoms with Crippen molar-refractivity contribution in [1.29, 1.82) is 0 Å². The SMILES string of the molecule is COc1ccccc1N1CCN(C(=O)[C@H]2CC(=O)N(C3CC3)C2)CC1(C)C. The summed E-state index contributed by atoms with van der Waals surface area (Å²) in [4.78, 5) is 31.5. The molecule has 2 heterocycles. The molecule has 2 saturated heterocycles. The summed E-state index contributed by atoms with van der Waals surface area (Å²) in [6, 6.07) is 8.43. The molecule has 0 bridgehead atoms. The third-order valence-corrected chi connectivity index (χ3v) is 6.08. The van der Waals surface area contributed by atoms with Crippen LogP contribution in [0.2, 0.25) is 0 Å². The third-order valence-electron chi connectivity index (χ3n) is 6.08. The normalized spacial score (nSPS) is 25.1. The summed E-state index contributed by atoms with van der Waals surface area (Å²) < 4.78 is 5.53. The molecular weight excluding hydrogens is 342 g/mol. The first kappa shape index (κ1) is 18.1. The molecule has 0 spiro atoms. The number of piperazine rings is 1. The minimum atomic E-state index is -0.207. The Balaban J connectivity index is 1.46. The van der Waals surface area contributed by atoms with E-state index in [2.05, 4.69) is 24.8 Å². The molecule has 0 aromatic heterocycles. The second kappa shape index (κ2) is 6.73. The van der Waals surface area contributed by atoms with E-state index in [0.717, 1.165) is 30.8 Å². The fourth-order valence-corrected chi connectivity index (χ4v) is 4.54. The molecule has 0 radical (unpaired) electrons. The highest BCUT2D eigenvalue weighted by Crippen LogP contribution is 2.36. The quantitative estimate of drug-likeness (QED) is 0.814. The van der Waals surface area contributed by atoms with Gasteiger partial charge in [0.05, 0.1) is 24.3 Å². The third kappa shape index (κ3) is 3.37. The van der Waals surface area contributed by atoms with Crippen LogP contribution in [0.15, 0.2) is 24.3 Å². The van der Waals surface area contributed by atoms with Crippen LogP contribution in [0.4, 0.5) is 5.69 Å². The van der Waals surface area contributed by atoms with Crippen LogP contribution in [-0.4, -0.2) is 66.5 Å². The molecule has 0 unspecified atom stereocenters. The Hall–Kier alpha value is -2.24.